The number of hydrogen-bond donors (Lipinski definition) is 3. The Morgan fingerprint density at radius 3 is 1.26 bits per heavy atom. The minimum absolute atomic E-state index is 0.797. The molecule has 0 aromatic carbocycles. The van der Waals surface area contributed by atoms with Crippen molar-refractivity contribution in [2.75, 3.05) is 39.3 Å². The second-order valence-electron chi connectivity index (χ2n) is 7.03. The predicted molar refractivity (Wildman–Crippen MR) is 123 cm³/mol. The SMILES string of the molecule is C(=NCCCN(CCCN=Cc1cnc[nH]1)CCCN=Cc1cnc[nH]1)c1cnc[nH]1. The first-order valence-corrected chi connectivity index (χ1v) is 10.6. The Balaban J connectivity index is 1.36. The number of hydrogen-bond acceptors (Lipinski definition) is 7. The maximum atomic E-state index is 4.47. The van der Waals surface area contributed by atoms with Gasteiger partial charge in [0.05, 0.1) is 54.7 Å². The van der Waals surface area contributed by atoms with Crippen LogP contribution in [0, 0.1) is 0 Å². The molecule has 3 aromatic heterocycles. The van der Waals surface area contributed by atoms with Crippen molar-refractivity contribution in [1.29, 1.82) is 0 Å². The topological polar surface area (TPSA) is 126 Å². The summed E-state index contributed by atoms with van der Waals surface area (Å²) in [5.41, 5.74) is 2.80. The Morgan fingerprint density at radius 2 is 0.968 bits per heavy atom. The van der Waals surface area contributed by atoms with E-state index in [0.29, 0.717) is 0 Å². The van der Waals surface area contributed by atoms with Crippen molar-refractivity contribution < 1.29 is 0 Å². The first-order valence-electron chi connectivity index (χ1n) is 10.6. The molecule has 31 heavy (non-hydrogen) atoms. The van der Waals surface area contributed by atoms with Gasteiger partial charge < -0.3 is 19.9 Å². The second kappa shape index (κ2) is 13.8. The van der Waals surface area contributed by atoms with Crippen molar-refractivity contribution in [3.63, 3.8) is 0 Å². The van der Waals surface area contributed by atoms with Crippen LogP contribution in [0.2, 0.25) is 0 Å². The molecule has 0 aliphatic rings. The molecular formula is C21H30N10. The molecule has 0 aliphatic carbocycles. The van der Waals surface area contributed by atoms with E-state index in [1.165, 1.54) is 0 Å². The molecule has 3 heterocycles. The maximum absolute atomic E-state index is 4.47. The van der Waals surface area contributed by atoms with Crippen LogP contribution >= 0.6 is 0 Å². The molecule has 10 nitrogen and oxygen atoms in total. The highest BCUT2D eigenvalue weighted by atomic mass is 15.1. The fourth-order valence-electron chi connectivity index (χ4n) is 2.99. The van der Waals surface area contributed by atoms with Crippen molar-refractivity contribution in [3.8, 4) is 0 Å². The molecule has 164 valence electrons. The summed E-state index contributed by atoms with van der Waals surface area (Å²) < 4.78 is 0. The van der Waals surface area contributed by atoms with E-state index in [0.717, 1.165) is 75.6 Å². The summed E-state index contributed by atoms with van der Waals surface area (Å²) in [7, 11) is 0. The molecule has 0 radical (unpaired) electrons. The number of rotatable bonds is 15. The molecule has 0 spiro atoms. The first kappa shape index (κ1) is 22.3. The molecule has 3 N–H and O–H groups in total. The molecule has 0 aliphatic heterocycles. The third-order valence-corrected chi connectivity index (χ3v) is 4.53. The summed E-state index contributed by atoms with van der Waals surface area (Å²) in [5, 5.41) is 0. The lowest BCUT2D eigenvalue weighted by Gasteiger charge is -2.21. The molecule has 0 bridgehead atoms. The van der Waals surface area contributed by atoms with Gasteiger partial charge in [-0.3, -0.25) is 15.0 Å². The van der Waals surface area contributed by atoms with Crippen LogP contribution in [0.1, 0.15) is 36.3 Å². The number of nitrogens with zero attached hydrogens (tertiary/aromatic N) is 7. The molecule has 0 unspecified atom stereocenters. The van der Waals surface area contributed by atoms with E-state index in [1.54, 1.807) is 37.6 Å². The Hall–Kier alpha value is -3.40. The Bertz CT molecular complexity index is 759. The van der Waals surface area contributed by atoms with Gasteiger partial charge in [0.1, 0.15) is 0 Å². The van der Waals surface area contributed by atoms with E-state index in [4.69, 9.17) is 0 Å². The molecule has 0 fully saturated rings. The highest BCUT2D eigenvalue weighted by Gasteiger charge is 2.04. The zero-order chi connectivity index (χ0) is 21.4. The van der Waals surface area contributed by atoms with E-state index >= 15 is 0 Å². The predicted octanol–water partition coefficient (Wildman–Crippen LogP) is 1.99. The van der Waals surface area contributed by atoms with Crippen LogP contribution in [0.25, 0.3) is 0 Å². The molecule has 3 aromatic rings. The monoisotopic (exact) mass is 422 g/mol. The summed E-state index contributed by atoms with van der Waals surface area (Å²) in [6.07, 6.45) is 18.8. The fourth-order valence-corrected chi connectivity index (χ4v) is 2.99. The zero-order valence-corrected chi connectivity index (χ0v) is 17.7. The van der Waals surface area contributed by atoms with Gasteiger partial charge in [0, 0.05) is 38.3 Å². The van der Waals surface area contributed by atoms with Crippen LogP contribution < -0.4 is 0 Å². The average molecular weight is 423 g/mol. The summed E-state index contributed by atoms with van der Waals surface area (Å²) >= 11 is 0. The van der Waals surface area contributed by atoms with Gasteiger partial charge in [-0.2, -0.15) is 0 Å². The van der Waals surface area contributed by atoms with E-state index < -0.39 is 0 Å². The van der Waals surface area contributed by atoms with E-state index in [2.05, 4.69) is 49.8 Å². The number of aromatic amines is 3. The number of H-pyrrole nitrogens is 3. The molecular weight excluding hydrogens is 392 g/mol. The summed E-state index contributed by atoms with van der Waals surface area (Å²) in [5.74, 6) is 0. The van der Waals surface area contributed by atoms with Crippen LogP contribution in [0.3, 0.4) is 0 Å². The standard InChI is InChI=1S/C21H30N10/c1(4-22-10-19-13-25-16-28-19)7-31(8-2-5-23-11-20-14-26-17-29-20)9-3-6-24-12-21-15-27-18-30-21/h10-18H,1-9H2,(H,25,28)(H,26,29)(H,27,30). The van der Waals surface area contributed by atoms with Gasteiger partial charge in [-0.1, -0.05) is 0 Å². The van der Waals surface area contributed by atoms with Gasteiger partial charge in [-0.25, -0.2) is 15.0 Å². The molecule has 0 saturated carbocycles. The molecule has 3 rings (SSSR count). The van der Waals surface area contributed by atoms with Gasteiger partial charge in [-0.15, -0.1) is 0 Å². The number of aliphatic imine (C=N–C) groups is 3. The normalized spacial score (nSPS) is 12.3. The lowest BCUT2D eigenvalue weighted by atomic mass is 10.3. The van der Waals surface area contributed by atoms with Gasteiger partial charge in [-0.05, 0) is 38.9 Å². The Labute approximate surface area is 182 Å². The van der Waals surface area contributed by atoms with Gasteiger partial charge in [0.15, 0.2) is 0 Å². The zero-order valence-electron chi connectivity index (χ0n) is 17.7. The third-order valence-electron chi connectivity index (χ3n) is 4.53. The largest absolute Gasteiger partial charge is 0.344 e. The molecule has 10 heteroatoms. The minimum Gasteiger partial charge on any atom is -0.344 e. The van der Waals surface area contributed by atoms with Gasteiger partial charge in [0.25, 0.3) is 0 Å². The van der Waals surface area contributed by atoms with E-state index in [9.17, 15) is 0 Å². The van der Waals surface area contributed by atoms with Crippen molar-refractivity contribution in [3.05, 3.63) is 54.7 Å². The summed E-state index contributed by atoms with van der Waals surface area (Å²) in [6, 6.07) is 0. The lowest BCUT2D eigenvalue weighted by Crippen LogP contribution is -2.28. The van der Waals surface area contributed by atoms with Crippen molar-refractivity contribution in [2.45, 2.75) is 19.3 Å². The first-order chi connectivity index (χ1) is 15.4. The van der Waals surface area contributed by atoms with Crippen LogP contribution in [-0.2, 0) is 0 Å². The van der Waals surface area contributed by atoms with Crippen molar-refractivity contribution >= 4 is 18.6 Å². The molecule has 0 amide bonds. The number of nitrogens with one attached hydrogen (secondary N) is 3. The maximum Gasteiger partial charge on any atom is 0.0924 e. The molecule has 0 atom stereocenters. The van der Waals surface area contributed by atoms with Crippen molar-refractivity contribution in [1.82, 2.24) is 34.8 Å². The second-order valence-corrected chi connectivity index (χ2v) is 7.03. The van der Waals surface area contributed by atoms with E-state index in [1.807, 2.05) is 18.6 Å². The molecule has 0 saturated heterocycles. The van der Waals surface area contributed by atoms with Crippen LogP contribution in [0.15, 0.2) is 52.5 Å². The highest BCUT2D eigenvalue weighted by Crippen LogP contribution is 1.99. The number of aromatic nitrogens is 6. The van der Waals surface area contributed by atoms with E-state index in [-0.39, 0.29) is 0 Å². The third kappa shape index (κ3) is 9.30. The minimum atomic E-state index is 0.797. The smallest absolute Gasteiger partial charge is 0.0924 e. The van der Waals surface area contributed by atoms with Crippen LogP contribution in [0.4, 0.5) is 0 Å². The average Bonchev–Trinajstić information content (AvgIpc) is 3.56. The van der Waals surface area contributed by atoms with Crippen LogP contribution in [0.5, 0.6) is 0 Å². The Morgan fingerprint density at radius 1 is 0.613 bits per heavy atom. The van der Waals surface area contributed by atoms with Crippen molar-refractivity contribution in [2.24, 2.45) is 15.0 Å². The quantitative estimate of drug-likeness (QED) is 0.256. The fraction of sp³-hybridized carbons (Fsp3) is 0.429. The van der Waals surface area contributed by atoms with Gasteiger partial charge >= 0.3 is 0 Å². The Kier molecular flexibility index (Phi) is 9.89. The lowest BCUT2D eigenvalue weighted by molar-refractivity contribution is 0.269. The number of imidazole rings is 3. The summed E-state index contributed by atoms with van der Waals surface area (Å²) in [4.78, 5) is 36.9. The summed E-state index contributed by atoms with van der Waals surface area (Å²) in [6.45, 7) is 5.42. The highest BCUT2D eigenvalue weighted by molar-refractivity contribution is 5.77. The van der Waals surface area contributed by atoms with Gasteiger partial charge in [0.2, 0.25) is 0 Å². The van der Waals surface area contributed by atoms with Crippen LogP contribution in [-0.4, -0.2) is 92.7 Å².